The highest BCUT2D eigenvalue weighted by Gasteiger charge is 2.33. The van der Waals surface area contributed by atoms with Crippen molar-refractivity contribution in [2.45, 2.75) is 44.9 Å². The van der Waals surface area contributed by atoms with Crippen LogP contribution in [0, 0.1) is 0 Å². The van der Waals surface area contributed by atoms with Crippen LogP contribution in [0.4, 0.5) is 4.79 Å². The number of likely N-dealkylation sites (tertiary alicyclic amines) is 1. The molecule has 0 spiro atoms. The predicted octanol–water partition coefficient (Wildman–Crippen LogP) is 4.49. The van der Waals surface area contributed by atoms with E-state index >= 15 is 0 Å². The van der Waals surface area contributed by atoms with E-state index in [-0.39, 0.29) is 18.1 Å². The van der Waals surface area contributed by atoms with Crippen molar-refractivity contribution < 1.29 is 13.9 Å². The third-order valence-electron chi connectivity index (χ3n) is 4.40. The predicted molar refractivity (Wildman–Crippen MR) is 94.0 cm³/mol. The van der Waals surface area contributed by atoms with Gasteiger partial charge in [-0.05, 0) is 42.8 Å². The average Bonchev–Trinajstić information content (AvgIpc) is 3.31. The minimum absolute atomic E-state index is 0.0106. The summed E-state index contributed by atoms with van der Waals surface area (Å²) in [6.45, 7) is 3.31. The fraction of sp³-hybridized carbons (Fsp3) is 0.500. The number of thiophene rings is 1. The van der Waals surface area contributed by atoms with E-state index in [2.05, 4.69) is 18.3 Å². The third-order valence-corrected chi connectivity index (χ3v) is 5.39. The van der Waals surface area contributed by atoms with Crippen molar-refractivity contribution >= 4 is 17.4 Å². The van der Waals surface area contributed by atoms with Gasteiger partial charge in [-0.25, -0.2) is 4.79 Å². The molecule has 0 aromatic carbocycles. The zero-order valence-corrected chi connectivity index (χ0v) is 15.0. The molecule has 1 N–H and O–H groups in total. The number of amides is 2. The molecule has 0 saturated carbocycles. The Labute approximate surface area is 146 Å². The van der Waals surface area contributed by atoms with Crippen LogP contribution >= 0.6 is 11.3 Å². The van der Waals surface area contributed by atoms with Crippen molar-refractivity contribution in [1.29, 1.82) is 0 Å². The van der Waals surface area contributed by atoms with E-state index in [0.29, 0.717) is 6.61 Å². The van der Waals surface area contributed by atoms with Gasteiger partial charge in [0.2, 0.25) is 0 Å². The molecule has 3 rings (SSSR count). The third kappa shape index (κ3) is 3.65. The number of carbonyl (C=O) groups is 1. The van der Waals surface area contributed by atoms with Crippen LogP contribution in [0.5, 0.6) is 0 Å². The van der Waals surface area contributed by atoms with E-state index in [4.69, 9.17) is 9.15 Å². The average molecular weight is 348 g/mol. The Morgan fingerprint density at radius 3 is 3.08 bits per heavy atom. The standard InChI is InChI=1S/C18H24N2O3S/c1-3-14(17-7-5-11-24-17)19-18(21)20-10-4-6-15(20)16-9-8-13(23-16)12-22-2/h5,7-9,11,14-15H,3-4,6,10,12H2,1-2H3,(H,19,21)/t14-,15-/m1/s1. The Bertz CT molecular complexity index is 653. The van der Waals surface area contributed by atoms with Crippen molar-refractivity contribution in [3.63, 3.8) is 0 Å². The van der Waals surface area contributed by atoms with E-state index in [1.807, 2.05) is 28.5 Å². The SMILES string of the molecule is CC[C@@H](NC(=O)N1CCC[C@@H]1c1ccc(COC)o1)c1cccs1. The summed E-state index contributed by atoms with van der Waals surface area (Å²) in [5.74, 6) is 1.64. The molecule has 2 aromatic rings. The second-order valence-electron chi connectivity index (χ2n) is 6.01. The number of nitrogens with one attached hydrogen (secondary N) is 1. The summed E-state index contributed by atoms with van der Waals surface area (Å²) in [6.07, 6.45) is 2.81. The Hall–Kier alpha value is -1.79. The molecule has 24 heavy (non-hydrogen) atoms. The number of carbonyl (C=O) groups excluding carboxylic acids is 1. The lowest BCUT2D eigenvalue weighted by atomic mass is 10.1. The number of ether oxygens (including phenoxy) is 1. The molecular weight excluding hydrogens is 324 g/mol. The number of nitrogens with zero attached hydrogens (tertiary/aromatic N) is 1. The lowest BCUT2D eigenvalue weighted by Gasteiger charge is -2.26. The maximum Gasteiger partial charge on any atom is 0.318 e. The number of urea groups is 1. The fourth-order valence-corrected chi connectivity index (χ4v) is 4.06. The summed E-state index contributed by atoms with van der Waals surface area (Å²) >= 11 is 1.68. The molecule has 0 bridgehead atoms. The minimum atomic E-state index is -0.0116. The summed E-state index contributed by atoms with van der Waals surface area (Å²) < 4.78 is 10.9. The van der Waals surface area contributed by atoms with Crippen molar-refractivity contribution in [2.75, 3.05) is 13.7 Å². The molecule has 6 heteroatoms. The van der Waals surface area contributed by atoms with Crippen LogP contribution in [0.25, 0.3) is 0 Å². The Balaban J connectivity index is 1.68. The number of rotatable bonds is 6. The molecule has 2 atom stereocenters. The molecular formula is C18H24N2O3S. The monoisotopic (exact) mass is 348 g/mol. The molecule has 5 nitrogen and oxygen atoms in total. The Morgan fingerprint density at radius 1 is 1.50 bits per heavy atom. The van der Waals surface area contributed by atoms with Crippen LogP contribution in [-0.4, -0.2) is 24.6 Å². The fourth-order valence-electron chi connectivity index (χ4n) is 3.19. The summed E-state index contributed by atoms with van der Waals surface area (Å²) in [5.41, 5.74) is 0. The second kappa shape index (κ2) is 7.85. The highest BCUT2D eigenvalue weighted by atomic mass is 32.1. The van der Waals surface area contributed by atoms with Crippen LogP contribution in [0.1, 0.15) is 54.7 Å². The van der Waals surface area contributed by atoms with Crippen LogP contribution in [0.2, 0.25) is 0 Å². The van der Waals surface area contributed by atoms with Crippen molar-refractivity contribution in [1.82, 2.24) is 10.2 Å². The number of furan rings is 1. The van der Waals surface area contributed by atoms with Gasteiger partial charge in [0.1, 0.15) is 18.1 Å². The molecule has 2 aromatic heterocycles. The van der Waals surface area contributed by atoms with Gasteiger partial charge in [0.15, 0.2) is 0 Å². The van der Waals surface area contributed by atoms with Crippen LogP contribution < -0.4 is 5.32 Å². The van der Waals surface area contributed by atoms with Gasteiger partial charge >= 0.3 is 6.03 Å². The summed E-state index contributed by atoms with van der Waals surface area (Å²) in [5, 5.41) is 5.22. The van der Waals surface area contributed by atoms with Gasteiger partial charge in [-0.3, -0.25) is 0 Å². The van der Waals surface area contributed by atoms with Crippen molar-refractivity contribution in [3.8, 4) is 0 Å². The normalized spacial score (nSPS) is 18.8. The number of hydrogen-bond donors (Lipinski definition) is 1. The second-order valence-corrected chi connectivity index (χ2v) is 6.99. The number of methoxy groups -OCH3 is 1. The first-order valence-corrected chi connectivity index (χ1v) is 9.29. The Kier molecular flexibility index (Phi) is 5.58. The lowest BCUT2D eigenvalue weighted by Crippen LogP contribution is -2.40. The summed E-state index contributed by atoms with van der Waals surface area (Å²) in [7, 11) is 1.65. The molecule has 1 fully saturated rings. The smallest absolute Gasteiger partial charge is 0.318 e. The van der Waals surface area contributed by atoms with Gasteiger partial charge in [0.25, 0.3) is 0 Å². The lowest BCUT2D eigenvalue weighted by molar-refractivity contribution is 0.155. The summed E-state index contributed by atoms with van der Waals surface area (Å²) in [6, 6.07) is 8.05. The van der Waals surface area contributed by atoms with Gasteiger partial charge in [-0.2, -0.15) is 0 Å². The summed E-state index contributed by atoms with van der Waals surface area (Å²) in [4.78, 5) is 15.9. The highest BCUT2D eigenvalue weighted by molar-refractivity contribution is 7.10. The maximum absolute atomic E-state index is 12.8. The van der Waals surface area contributed by atoms with Gasteiger partial charge in [0, 0.05) is 18.5 Å². The number of hydrogen-bond acceptors (Lipinski definition) is 4. The maximum atomic E-state index is 12.8. The minimum Gasteiger partial charge on any atom is -0.461 e. The first-order chi connectivity index (χ1) is 11.7. The molecule has 1 aliphatic heterocycles. The highest BCUT2D eigenvalue weighted by Crippen LogP contribution is 2.33. The zero-order chi connectivity index (χ0) is 16.9. The molecule has 0 aliphatic carbocycles. The van der Waals surface area contributed by atoms with E-state index in [1.54, 1.807) is 18.4 Å². The van der Waals surface area contributed by atoms with Gasteiger partial charge in [-0.15, -0.1) is 11.3 Å². The van der Waals surface area contributed by atoms with Gasteiger partial charge in [-0.1, -0.05) is 13.0 Å². The zero-order valence-electron chi connectivity index (χ0n) is 14.2. The topological polar surface area (TPSA) is 54.7 Å². The Morgan fingerprint density at radius 2 is 2.38 bits per heavy atom. The quantitative estimate of drug-likeness (QED) is 0.837. The molecule has 130 valence electrons. The molecule has 2 amide bonds. The van der Waals surface area contributed by atoms with Crippen LogP contribution in [0.15, 0.2) is 34.1 Å². The molecule has 0 unspecified atom stereocenters. The van der Waals surface area contributed by atoms with Crippen molar-refractivity contribution in [2.24, 2.45) is 0 Å². The van der Waals surface area contributed by atoms with E-state index in [9.17, 15) is 4.79 Å². The van der Waals surface area contributed by atoms with Crippen LogP contribution in [0.3, 0.4) is 0 Å². The molecule has 1 saturated heterocycles. The van der Waals surface area contributed by atoms with Gasteiger partial charge in [0.05, 0.1) is 12.1 Å². The van der Waals surface area contributed by atoms with E-state index < -0.39 is 0 Å². The van der Waals surface area contributed by atoms with Gasteiger partial charge < -0.3 is 19.4 Å². The molecule has 1 aliphatic rings. The first kappa shape index (κ1) is 17.0. The van der Waals surface area contributed by atoms with E-state index in [1.165, 1.54) is 4.88 Å². The largest absolute Gasteiger partial charge is 0.461 e. The first-order valence-electron chi connectivity index (χ1n) is 8.41. The van der Waals surface area contributed by atoms with Crippen molar-refractivity contribution in [3.05, 3.63) is 46.0 Å². The molecule has 0 radical (unpaired) electrons. The van der Waals surface area contributed by atoms with Crippen LogP contribution in [-0.2, 0) is 11.3 Å². The molecule has 3 heterocycles. The van der Waals surface area contributed by atoms with E-state index in [0.717, 1.165) is 37.3 Å².